The predicted octanol–water partition coefficient (Wildman–Crippen LogP) is 1.53. The Bertz CT molecular complexity index is 375. The molecule has 0 saturated carbocycles. The van der Waals surface area contributed by atoms with Gasteiger partial charge in [-0.15, -0.1) is 24.8 Å². The van der Waals surface area contributed by atoms with Gasteiger partial charge in [-0.1, -0.05) is 18.2 Å². The topological polar surface area (TPSA) is 49.6 Å². The number of anilines is 1. The molecule has 1 saturated heterocycles. The van der Waals surface area contributed by atoms with Gasteiger partial charge in [0, 0.05) is 31.9 Å². The van der Waals surface area contributed by atoms with E-state index in [1.165, 1.54) is 5.69 Å². The zero-order chi connectivity index (χ0) is 12.1. The van der Waals surface area contributed by atoms with Crippen LogP contribution in [-0.2, 0) is 4.79 Å². The molecule has 6 heteroatoms. The summed E-state index contributed by atoms with van der Waals surface area (Å²) >= 11 is 0. The molecule has 0 atom stereocenters. The van der Waals surface area contributed by atoms with Crippen molar-refractivity contribution in [3.05, 3.63) is 30.3 Å². The zero-order valence-corrected chi connectivity index (χ0v) is 12.5. The van der Waals surface area contributed by atoms with Crippen molar-refractivity contribution in [1.29, 1.82) is 0 Å². The number of hydrogen-bond donors (Lipinski definition) is 1. The summed E-state index contributed by atoms with van der Waals surface area (Å²) in [6.07, 6.45) is 1.00. The molecular weight excluding hydrogens is 285 g/mol. The van der Waals surface area contributed by atoms with E-state index in [0.717, 1.165) is 32.6 Å². The lowest BCUT2D eigenvalue weighted by atomic mass is 10.3. The summed E-state index contributed by atoms with van der Waals surface area (Å²) in [6.45, 7) is 3.59. The lowest BCUT2D eigenvalue weighted by Gasteiger charge is -2.23. The summed E-state index contributed by atoms with van der Waals surface area (Å²) in [6, 6.07) is 10.3. The highest BCUT2D eigenvalue weighted by Gasteiger charge is 2.17. The maximum atomic E-state index is 11.5. The molecule has 0 radical (unpaired) electrons. The minimum absolute atomic E-state index is 0. The molecule has 4 nitrogen and oxygen atoms in total. The summed E-state index contributed by atoms with van der Waals surface area (Å²) in [5.74, 6) is 0.0555. The molecule has 1 heterocycles. The van der Waals surface area contributed by atoms with E-state index in [1.54, 1.807) is 0 Å². The Balaban J connectivity index is 0.00000162. The van der Waals surface area contributed by atoms with Gasteiger partial charge in [0.2, 0.25) is 5.91 Å². The minimum atomic E-state index is 0. The molecule has 0 bridgehead atoms. The molecule has 1 aliphatic heterocycles. The highest BCUT2D eigenvalue weighted by molar-refractivity contribution is 5.85. The largest absolute Gasteiger partial charge is 0.370 e. The van der Waals surface area contributed by atoms with Crippen LogP contribution < -0.4 is 10.6 Å². The Morgan fingerprint density at radius 3 is 2.37 bits per heavy atom. The average molecular weight is 306 g/mol. The van der Waals surface area contributed by atoms with Crippen molar-refractivity contribution in [2.24, 2.45) is 5.73 Å². The van der Waals surface area contributed by atoms with Crippen LogP contribution in [0, 0.1) is 0 Å². The third-order valence-corrected chi connectivity index (χ3v) is 3.14. The first kappa shape index (κ1) is 18.0. The smallest absolute Gasteiger partial charge is 0.236 e. The van der Waals surface area contributed by atoms with Crippen molar-refractivity contribution in [3.63, 3.8) is 0 Å². The summed E-state index contributed by atoms with van der Waals surface area (Å²) in [5.41, 5.74) is 6.63. The molecule has 2 rings (SSSR count). The highest BCUT2D eigenvalue weighted by Crippen LogP contribution is 2.15. The fourth-order valence-corrected chi connectivity index (χ4v) is 2.19. The number of nitrogens with zero attached hydrogens (tertiary/aromatic N) is 2. The van der Waals surface area contributed by atoms with E-state index in [1.807, 2.05) is 23.1 Å². The summed E-state index contributed by atoms with van der Waals surface area (Å²) in [4.78, 5) is 15.7. The van der Waals surface area contributed by atoms with Crippen LogP contribution in [-0.4, -0.2) is 43.5 Å². The normalized spacial score (nSPS) is 15.0. The van der Waals surface area contributed by atoms with E-state index >= 15 is 0 Å². The maximum Gasteiger partial charge on any atom is 0.236 e. The van der Waals surface area contributed by atoms with E-state index in [0.29, 0.717) is 0 Å². The Morgan fingerprint density at radius 2 is 1.74 bits per heavy atom. The van der Waals surface area contributed by atoms with Gasteiger partial charge < -0.3 is 15.5 Å². The molecular formula is C13H21Cl2N3O. The van der Waals surface area contributed by atoms with Crippen LogP contribution in [0.3, 0.4) is 0 Å². The first-order valence-corrected chi connectivity index (χ1v) is 6.09. The third kappa shape index (κ3) is 4.90. The third-order valence-electron chi connectivity index (χ3n) is 3.14. The van der Waals surface area contributed by atoms with Gasteiger partial charge in [0.15, 0.2) is 0 Å². The van der Waals surface area contributed by atoms with Crippen molar-refractivity contribution >= 4 is 36.4 Å². The fourth-order valence-electron chi connectivity index (χ4n) is 2.19. The van der Waals surface area contributed by atoms with Crippen LogP contribution in [0.5, 0.6) is 0 Å². The van der Waals surface area contributed by atoms with E-state index in [2.05, 4.69) is 17.0 Å². The molecule has 1 aromatic rings. The number of rotatable bonds is 2. The number of para-hydroxylation sites is 1. The molecule has 108 valence electrons. The molecule has 0 spiro atoms. The fraction of sp³-hybridized carbons (Fsp3) is 0.462. The van der Waals surface area contributed by atoms with Crippen LogP contribution in [0.25, 0.3) is 0 Å². The number of amides is 1. The second-order valence-corrected chi connectivity index (χ2v) is 4.26. The lowest BCUT2D eigenvalue weighted by molar-refractivity contribution is -0.129. The second kappa shape index (κ2) is 9.02. The van der Waals surface area contributed by atoms with Gasteiger partial charge in [-0.3, -0.25) is 4.79 Å². The van der Waals surface area contributed by atoms with Crippen LogP contribution in [0.4, 0.5) is 5.69 Å². The van der Waals surface area contributed by atoms with Crippen LogP contribution in [0.15, 0.2) is 30.3 Å². The minimum Gasteiger partial charge on any atom is -0.370 e. The van der Waals surface area contributed by atoms with Crippen molar-refractivity contribution in [2.45, 2.75) is 6.42 Å². The molecule has 0 unspecified atom stereocenters. The quantitative estimate of drug-likeness (QED) is 0.901. The molecule has 0 aliphatic carbocycles. The highest BCUT2D eigenvalue weighted by atomic mass is 35.5. The summed E-state index contributed by atoms with van der Waals surface area (Å²) < 4.78 is 0. The number of nitrogens with two attached hydrogens (primary N) is 1. The van der Waals surface area contributed by atoms with Crippen LogP contribution in [0.1, 0.15) is 6.42 Å². The predicted molar refractivity (Wildman–Crippen MR) is 83.4 cm³/mol. The van der Waals surface area contributed by atoms with Gasteiger partial charge in [-0.05, 0) is 18.6 Å². The monoisotopic (exact) mass is 305 g/mol. The molecule has 19 heavy (non-hydrogen) atoms. The number of carbonyl (C=O) groups is 1. The standard InChI is InChI=1S/C13H19N3O.2ClH/c14-11-13(17)16-8-4-7-15(9-10-16)12-5-2-1-3-6-12;;/h1-3,5-6H,4,7-11,14H2;2*1H. The van der Waals surface area contributed by atoms with Crippen molar-refractivity contribution in [1.82, 2.24) is 4.90 Å². The van der Waals surface area contributed by atoms with Crippen LogP contribution >= 0.6 is 24.8 Å². The maximum absolute atomic E-state index is 11.5. The Kier molecular flexibility index (Phi) is 8.56. The summed E-state index contributed by atoms with van der Waals surface area (Å²) in [7, 11) is 0. The second-order valence-electron chi connectivity index (χ2n) is 4.26. The van der Waals surface area contributed by atoms with E-state index < -0.39 is 0 Å². The average Bonchev–Trinajstić information content (AvgIpc) is 2.64. The SMILES string of the molecule is Cl.Cl.NCC(=O)N1CCCN(c2ccccc2)CC1. The molecule has 0 aromatic heterocycles. The van der Waals surface area contributed by atoms with Gasteiger partial charge in [0.1, 0.15) is 0 Å². The first-order valence-electron chi connectivity index (χ1n) is 6.09. The first-order chi connectivity index (χ1) is 8.31. The van der Waals surface area contributed by atoms with Crippen molar-refractivity contribution < 1.29 is 4.79 Å². The van der Waals surface area contributed by atoms with E-state index in [9.17, 15) is 4.79 Å². The number of carbonyl (C=O) groups excluding carboxylic acids is 1. The van der Waals surface area contributed by atoms with E-state index in [4.69, 9.17) is 5.73 Å². The van der Waals surface area contributed by atoms with Crippen molar-refractivity contribution in [3.8, 4) is 0 Å². The van der Waals surface area contributed by atoms with Gasteiger partial charge >= 0.3 is 0 Å². The van der Waals surface area contributed by atoms with Crippen molar-refractivity contribution in [2.75, 3.05) is 37.6 Å². The molecule has 1 aliphatic rings. The molecule has 1 amide bonds. The van der Waals surface area contributed by atoms with Crippen LogP contribution in [0.2, 0.25) is 0 Å². The van der Waals surface area contributed by atoms with Gasteiger partial charge in [-0.2, -0.15) is 0 Å². The van der Waals surface area contributed by atoms with E-state index in [-0.39, 0.29) is 37.3 Å². The molecule has 2 N–H and O–H groups in total. The Morgan fingerprint density at radius 1 is 1.05 bits per heavy atom. The lowest BCUT2D eigenvalue weighted by Crippen LogP contribution is -2.38. The summed E-state index contributed by atoms with van der Waals surface area (Å²) in [5, 5.41) is 0. The zero-order valence-electron chi connectivity index (χ0n) is 10.8. The number of benzene rings is 1. The van der Waals surface area contributed by atoms with Gasteiger partial charge in [-0.25, -0.2) is 0 Å². The Labute approximate surface area is 126 Å². The van der Waals surface area contributed by atoms with Gasteiger partial charge in [0.05, 0.1) is 6.54 Å². The Hall–Kier alpha value is -0.970. The number of hydrogen-bond acceptors (Lipinski definition) is 3. The molecule has 1 aromatic carbocycles. The number of halogens is 2. The molecule has 1 fully saturated rings. The van der Waals surface area contributed by atoms with Gasteiger partial charge in [0.25, 0.3) is 0 Å².